The summed E-state index contributed by atoms with van der Waals surface area (Å²) in [6, 6.07) is 5.74. The molecule has 0 aliphatic heterocycles. The van der Waals surface area contributed by atoms with Gasteiger partial charge in [0.05, 0.1) is 5.69 Å². The number of urea groups is 1. The zero-order valence-electron chi connectivity index (χ0n) is 13.4. The molecule has 0 bridgehead atoms. The number of aryl methyl sites for hydroxylation is 2. The molecule has 1 aromatic rings. The summed E-state index contributed by atoms with van der Waals surface area (Å²) >= 11 is 0. The number of unbranched alkanes of at least 4 members (excludes halogenated alkanes) is 1. The van der Waals surface area contributed by atoms with Gasteiger partial charge in [0.25, 0.3) is 0 Å². The van der Waals surface area contributed by atoms with Crippen LogP contribution in [0.3, 0.4) is 0 Å². The number of nitrogens with zero attached hydrogens (tertiary/aromatic N) is 2. The van der Waals surface area contributed by atoms with E-state index in [1.165, 1.54) is 0 Å². The maximum absolute atomic E-state index is 12.4. The van der Waals surface area contributed by atoms with Crippen LogP contribution in [0.25, 0.3) is 0 Å². The number of hydrogen-bond acceptors (Lipinski definition) is 2. The number of hydrogen-bond donors (Lipinski definition) is 2. The maximum Gasteiger partial charge on any atom is 0.328 e. The molecule has 0 radical (unpaired) electrons. The van der Waals surface area contributed by atoms with Crippen molar-refractivity contribution in [3.05, 3.63) is 29.3 Å². The molecule has 0 spiro atoms. The molecule has 0 unspecified atom stereocenters. The van der Waals surface area contributed by atoms with E-state index in [0.29, 0.717) is 13.1 Å². The lowest BCUT2D eigenvalue weighted by Gasteiger charge is -2.25. The Kier molecular flexibility index (Phi) is 6.72. The van der Waals surface area contributed by atoms with E-state index < -0.39 is 0 Å². The molecule has 0 saturated heterocycles. The lowest BCUT2D eigenvalue weighted by molar-refractivity contribution is 0.250. The van der Waals surface area contributed by atoms with Crippen LogP contribution in [0, 0.1) is 13.8 Å². The molecule has 3 N–H and O–H groups in total. The normalized spacial score (nSPS) is 11.3. The SMILES string of the molecule is CCCCN=C(N)NC(=O)N(CC)c1c(C)cccc1C. The van der Waals surface area contributed by atoms with Crippen molar-refractivity contribution in [3.8, 4) is 0 Å². The quantitative estimate of drug-likeness (QED) is 0.497. The topological polar surface area (TPSA) is 70.7 Å². The van der Waals surface area contributed by atoms with Crippen molar-refractivity contribution < 1.29 is 4.79 Å². The predicted molar refractivity (Wildman–Crippen MR) is 88.9 cm³/mol. The van der Waals surface area contributed by atoms with Gasteiger partial charge in [-0.2, -0.15) is 0 Å². The average Bonchev–Trinajstić information content (AvgIpc) is 2.43. The van der Waals surface area contributed by atoms with Crippen molar-refractivity contribution in [1.29, 1.82) is 0 Å². The second kappa shape index (κ2) is 8.29. The average molecular weight is 290 g/mol. The first kappa shape index (κ1) is 17.0. The zero-order chi connectivity index (χ0) is 15.8. The first-order chi connectivity index (χ1) is 10.0. The fourth-order valence-corrected chi connectivity index (χ4v) is 2.21. The van der Waals surface area contributed by atoms with Crippen LogP contribution in [0.2, 0.25) is 0 Å². The minimum Gasteiger partial charge on any atom is -0.370 e. The Balaban J connectivity index is 2.85. The van der Waals surface area contributed by atoms with Crippen molar-refractivity contribution in [2.45, 2.75) is 40.5 Å². The van der Waals surface area contributed by atoms with Crippen LogP contribution >= 0.6 is 0 Å². The Labute approximate surface area is 127 Å². The number of carbonyl (C=O) groups excluding carboxylic acids is 1. The number of nitrogens with one attached hydrogen (secondary N) is 1. The van der Waals surface area contributed by atoms with Gasteiger partial charge in [-0.25, -0.2) is 4.79 Å². The third-order valence-corrected chi connectivity index (χ3v) is 3.30. The highest BCUT2D eigenvalue weighted by Gasteiger charge is 2.18. The number of carbonyl (C=O) groups is 1. The lowest BCUT2D eigenvalue weighted by Crippen LogP contribution is -2.46. The van der Waals surface area contributed by atoms with Crippen LogP contribution in [-0.2, 0) is 0 Å². The third-order valence-electron chi connectivity index (χ3n) is 3.30. The summed E-state index contributed by atoms with van der Waals surface area (Å²) < 4.78 is 0. The van der Waals surface area contributed by atoms with E-state index in [1.54, 1.807) is 4.90 Å². The van der Waals surface area contributed by atoms with Crippen LogP contribution in [0.15, 0.2) is 23.2 Å². The summed E-state index contributed by atoms with van der Waals surface area (Å²) in [4.78, 5) is 18.2. The van der Waals surface area contributed by atoms with Gasteiger partial charge in [-0.3, -0.25) is 15.2 Å². The van der Waals surface area contributed by atoms with Gasteiger partial charge in [-0.15, -0.1) is 0 Å². The van der Waals surface area contributed by atoms with Gasteiger partial charge >= 0.3 is 6.03 Å². The fraction of sp³-hybridized carbons (Fsp3) is 0.500. The Morgan fingerprint density at radius 1 is 1.29 bits per heavy atom. The number of anilines is 1. The molecule has 0 atom stereocenters. The highest BCUT2D eigenvalue weighted by molar-refractivity contribution is 6.03. The molecule has 0 saturated carbocycles. The molecular weight excluding hydrogens is 264 g/mol. The van der Waals surface area contributed by atoms with Crippen LogP contribution in [0.4, 0.5) is 10.5 Å². The second-order valence-electron chi connectivity index (χ2n) is 5.04. The van der Waals surface area contributed by atoms with E-state index in [1.807, 2.05) is 39.0 Å². The monoisotopic (exact) mass is 290 g/mol. The fourth-order valence-electron chi connectivity index (χ4n) is 2.21. The number of nitrogens with two attached hydrogens (primary N) is 1. The van der Waals surface area contributed by atoms with Gasteiger partial charge < -0.3 is 5.73 Å². The number of guanidine groups is 1. The molecule has 5 heteroatoms. The van der Waals surface area contributed by atoms with Crippen molar-refractivity contribution in [2.75, 3.05) is 18.0 Å². The molecule has 1 rings (SSSR count). The minimum absolute atomic E-state index is 0.179. The highest BCUT2D eigenvalue weighted by atomic mass is 16.2. The van der Waals surface area contributed by atoms with Crippen LogP contribution in [0.1, 0.15) is 37.8 Å². The Morgan fingerprint density at radius 2 is 1.90 bits per heavy atom. The molecule has 2 amide bonds. The molecular formula is C16H26N4O. The first-order valence-corrected chi connectivity index (χ1v) is 7.45. The molecule has 0 aliphatic carbocycles. The van der Waals surface area contributed by atoms with Crippen molar-refractivity contribution in [1.82, 2.24) is 5.32 Å². The molecule has 1 aromatic carbocycles. The predicted octanol–water partition coefficient (Wildman–Crippen LogP) is 2.95. The number of aliphatic imine (C=N–C) groups is 1. The standard InChI is InChI=1S/C16H26N4O/c1-5-7-11-18-15(17)19-16(21)20(6-2)14-12(3)9-8-10-13(14)4/h8-10H,5-7,11H2,1-4H3,(H3,17,18,19,21). The van der Waals surface area contributed by atoms with Gasteiger partial charge in [0.2, 0.25) is 0 Å². The Hall–Kier alpha value is -2.04. The molecule has 116 valence electrons. The Bertz CT molecular complexity index is 491. The van der Waals surface area contributed by atoms with E-state index in [4.69, 9.17) is 5.73 Å². The van der Waals surface area contributed by atoms with Crippen LogP contribution < -0.4 is 16.0 Å². The number of para-hydroxylation sites is 1. The van der Waals surface area contributed by atoms with Gasteiger partial charge in [0.1, 0.15) is 0 Å². The van der Waals surface area contributed by atoms with E-state index in [0.717, 1.165) is 29.7 Å². The highest BCUT2D eigenvalue weighted by Crippen LogP contribution is 2.24. The number of amides is 2. The smallest absolute Gasteiger partial charge is 0.328 e. The zero-order valence-corrected chi connectivity index (χ0v) is 13.4. The largest absolute Gasteiger partial charge is 0.370 e. The number of benzene rings is 1. The maximum atomic E-state index is 12.4. The summed E-state index contributed by atoms with van der Waals surface area (Å²) in [7, 11) is 0. The summed E-state index contributed by atoms with van der Waals surface area (Å²) in [6.45, 7) is 9.23. The van der Waals surface area contributed by atoms with Crippen LogP contribution in [0.5, 0.6) is 0 Å². The minimum atomic E-state index is -0.243. The van der Waals surface area contributed by atoms with Gasteiger partial charge in [0, 0.05) is 13.1 Å². The molecule has 0 heterocycles. The first-order valence-electron chi connectivity index (χ1n) is 7.45. The second-order valence-corrected chi connectivity index (χ2v) is 5.04. The number of rotatable bonds is 5. The molecule has 0 aromatic heterocycles. The van der Waals surface area contributed by atoms with Crippen LogP contribution in [-0.4, -0.2) is 25.1 Å². The lowest BCUT2D eigenvalue weighted by atomic mass is 10.1. The van der Waals surface area contributed by atoms with Gasteiger partial charge in [0.15, 0.2) is 5.96 Å². The van der Waals surface area contributed by atoms with Gasteiger partial charge in [-0.1, -0.05) is 31.5 Å². The van der Waals surface area contributed by atoms with Gasteiger partial charge in [-0.05, 0) is 38.3 Å². The molecule has 0 aliphatic rings. The molecule has 5 nitrogen and oxygen atoms in total. The molecule has 0 fully saturated rings. The third kappa shape index (κ3) is 4.77. The van der Waals surface area contributed by atoms with Crippen molar-refractivity contribution in [2.24, 2.45) is 10.7 Å². The van der Waals surface area contributed by atoms with E-state index in [-0.39, 0.29) is 12.0 Å². The van der Waals surface area contributed by atoms with E-state index in [9.17, 15) is 4.79 Å². The van der Waals surface area contributed by atoms with E-state index >= 15 is 0 Å². The van der Waals surface area contributed by atoms with Crippen molar-refractivity contribution >= 4 is 17.7 Å². The van der Waals surface area contributed by atoms with Crippen molar-refractivity contribution in [3.63, 3.8) is 0 Å². The Morgan fingerprint density at radius 3 is 2.43 bits per heavy atom. The summed E-state index contributed by atoms with van der Waals surface area (Å²) in [5, 5.41) is 2.66. The molecule has 21 heavy (non-hydrogen) atoms. The summed E-state index contributed by atoms with van der Waals surface area (Å²) in [5.74, 6) is 0.179. The summed E-state index contributed by atoms with van der Waals surface area (Å²) in [6.07, 6.45) is 2.01. The summed E-state index contributed by atoms with van der Waals surface area (Å²) in [5.41, 5.74) is 8.81. The van der Waals surface area contributed by atoms with E-state index in [2.05, 4.69) is 17.2 Å².